The molecule has 0 bridgehead atoms. The highest BCUT2D eigenvalue weighted by molar-refractivity contribution is 5.83. The number of piperidine rings is 1. The number of aromatic nitrogens is 2. The van der Waals surface area contributed by atoms with Crippen LogP contribution in [0, 0.1) is 12.8 Å². The number of carbonyl (C=O) groups is 1. The van der Waals surface area contributed by atoms with Gasteiger partial charge in [-0.1, -0.05) is 12.1 Å². The van der Waals surface area contributed by atoms with Crippen molar-refractivity contribution >= 4 is 22.8 Å². The molecule has 7 nitrogen and oxygen atoms in total. The van der Waals surface area contributed by atoms with Gasteiger partial charge in [0.1, 0.15) is 11.5 Å². The van der Waals surface area contributed by atoms with Gasteiger partial charge in [0, 0.05) is 37.5 Å². The third kappa shape index (κ3) is 4.72. The van der Waals surface area contributed by atoms with Gasteiger partial charge in [-0.05, 0) is 56.5 Å². The van der Waals surface area contributed by atoms with Crippen LogP contribution in [0.1, 0.15) is 37.1 Å². The maximum atomic E-state index is 13.2. The van der Waals surface area contributed by atoms with Crippen molar-refractivity contribution in [3.8, 4) is 11.5 Å². The molecule has 174 valence electrons. The Kier molecular flexibility index (Phi) is 6.67. The number of fused-ring (bicyclic) bond motifs is 1. The van der Waals surface area contributed by atoms with Crippen LogP contribution in [-0.4, -0.2) is 55.1 Å². The van der Waals surface area contributed by atoms with E-state index in [0.717, 1.165) is 65.5 Å². The molecule has 0 saturated carbocycles. The van der Waals surface area contributed by atoms with E-state index in [-0.39, 0.29) is 17.9 Å². The van der Waals surface area contributed by atoms with Gasteiger partial charge in [0.05, 0.1) is 31.5 Å². The molecule has 4 rings (SSSR count). The summed E-state index contributed by atoms with van der Waals surface area (Å²) in [6, 6.07) is 13.8. The molecule has 2 heterocycles. The van der Waals surface area contributed by atoms with E-state index < -0.39 is 0 Å². The van der Waals surface area contributed by atoms with Gasteiger partial charge in [-0.3, -0.25) is 4.79 Å². The molecule has 1 fully saturated rings. The lowest BCUT2D eigenvalue weighted by atomic mass is 9.94. The number of methoxy groups -OCH3 is 2. The van der Waals surface area contributed by atoms with E-state index in [2.05, 4.69) is 11.8 Å². The standard InChI is InChI=1S/C26H32N4O3/c1-17-23-11-10-22(33-5)16-24(23)28-26(27-17)30-14-12-20(13-15-30)25(31)29(3)18(2)19-6-8-21(32-4)9-7-19/h6-11,16,18,20H,12-15H2,1-5H3/t18-/m1/s1. The number of hydrogen-bond donors (Lipinski definition) is 0. The van der Waals surface area contributed by atoms with E-state index in [9.17, 15) is 4.79 Å². The third-order valence-corrected chi connectivity index (χ3v) is 6.74. The van der Waals surface area contributed by atoms with Crippen molar-refractivity contribution in [3.63, 3.8) is 0 Å². The fourth-order valence-electron chi connectivity index (χ4n) is 4.43. The van der Waals surface area contributed by atoms with Crippen molar-refractivity contribution in [2.75, 3.05) is 39.3 Å². The Labute approximate surface area is 195 Å². The van der Waals surface area contributed by atoms with Gasteiger partial charge in [0.15, 0.2) is 0 Å². The molecule has 1 aliphatic rings. The number of aryl methyl sites for hydroxylation is 1. The summed E-state index contributed by atoms with van der Waals surface area (Å²) >= 11 is 0. The Balaban J connectivity index is 1.42. The first-order valence-electron chi connectivity index (χ1n) is 11.4. The first-order valence-corrected chi connectivity index (χ1v) is 11.4. The van der Waals surface area contributed by atoms with Crippen LogP contribution in [0.5, 0.6) is 11.5 Å². The molecule has 0 unspecified atom stereocenters. The van der Waals surface area contributed by atoms with Crippen LogP contribution in [0.2, 0.25) is 0 Å². The van der Waals surface area contributed by atoms with Crippen molar-refractivity contribution in [2.45, 2.75) is 32.7 Å². The highest BCUT2D eigenvalue weighted by atomic mass is 16.5. The maximum absolute atomic E-state index is 13.2. The Hall–Kier alpha value is -3.35. The average molecular weight is 449 g/mol. The molecular weight excluding hydrogens is 416 g/mol. The lowest BCUT2D eigenvalue weighted by Crippen LogP contribution is -2.42. The van der Waals surface area contributed by atoms with Crippen molar-refractivity contribution in [3.05, 3.63) is 53.7 Å². The number of hydrogen-bond acceptors (Lipinski definition) is 6. The van der Waals surface area contributed by atoms with Gasteiger partial charge in [-0.2, -0.15) is 0 Å². The number of rotatable bonds is 6. The van der Waals surface area contributed by atoms with Crippen molar-refractivity contribution in [2.24, 2.45) is 5.92 Å². The van der Waals surface area contributed by atoms with Crippen LogP contribution in [0.3, 0.4) is 0 Å². The first kappa shape index (κ1) is 22.8. The minimum Gasteiger partial charge on any atom is -0.497 e. The summed E-state index contributed by atoms with van der Waals surface area (Å²) in [6.45, 7) is 5.59. The number of anilines is 1. The van der Waals surface area contributed by atoms with E-state index >= 15 is 0 Å². The summed E-state index contributed by atoms with van der Waals surface area (Å²) in [7, 11) is 5.21. The third-order valence-electron chi connectivity index (χ3n) is 6.74. The minimum atomic E-state index is 0.00267. The molecule has 1 aromatic heterocycles. The molecule has 1 aliphatic heterocycles. The summed E-state index contributed by atoms with van der Waals surface area (Å²) in [5, 5.41) is 1.03. The second kappa shape index (κ2) is 9.65. The fraction of sp³-hybridized carbons (Fsp3) is 0.423. The maximum Gasteiger partial charge on any atom is 0.226 e. The molecule has 2 aromatic carbocycles. The lowest BCUT2D eigenvalue weighted by Gasteiger charge is -2.35. The van der Waals surface area contributed by atoms with Crippen LogP contribution in [-0.2, 0) is 4.79 Å². The molecule has 7 heteroatoms. The zero-order valence-corrected chi connectivity index (χ0v) is 20.0. The number of carbonyl (C=O) groups excluding carboxylic acids is 1. The molecule has 33 heavy (non-hydrogen) atoms. The quantitative estimate of drug-likeness (QED) is 0.557. The van der Waals surface area contributed by atoms with Gasteiger partial charge in [-0.25, -0.2) is 9.97 Å². The average Bonchev–Trinajstić information content (AvgIpc) is 2.87. The zero-order valence-electron chi connectivity index (χ0n) is 20.0. The van der Waals surface area contributed by atoms with Crippen LogP contribution >= 0.6 is 0 Å². The van der Waals surface area contributed by atoms with E-state index in [1.54, 1.807) is 14.2 Å². The summed E-state index contributed by atoms with van der Waals surface area (Å²) in [5.41, 5.74) is 2.92. The van der Waals surface area contributed by atoms with Gasteiger partial charge in [0.2, 0.25) is 11.9 Å². The van der Waals surface area contributed by atoms with E-state index in [1.807, 2.05) is 61.3 Å². The number of ether oxygens (including phenoxy) is 2. The second-order valence-corrected chi connectivity index (χ2v) is 8.65. The van der Waals surface area contributed by atoms with Crippen molar-refractivity contribution in [1.29, 1.82) is 0 Å². The van der Waals surface area contributed by atoms with Gasteiger partial charge in [-0.15, -0.1) is 0 Å². The molecule has 0 N–H and O–H groups in total. The molecule has 1 atom stereocenters. The molecule has 3 aromatic rings. The number of benzene rings is 2. The van der Waals surface area contributed by atoms with E-state index in [0.29, 0.717) is 0 Å². The SMILES string of the molecule is COc1ccc([C@@H](C)N(C)C(=O)C2CCN(c3nc(C)c4ccc(OC)cc4n3)CC2)cc1. The Morgan fingerprint density at radius 3 is 2.30 bits per heavy atom. The molecular formula is C26H32N4O3. The molecule has 1 amide bonds. The molecule has 1 saturated heterocycles. The summed E-state index contributed by atoms with van der Waals surface area (Å²) in [4.78, 5) is 26.8. The van der Waals surface area contributed by atoms with Crippen LogP contribution in [0.25, 0.3) is 10.9 Å². The number of nitrogens with zero attached hydrogens (tertiary/aromatic N) is 4. The summed E-state index contributed by atoms with van der Waals surface area (Å²) in [5.74, 6) is 2.52. The Morgan fingerprint density at radius 2 is 1.67 bits per heavy atom. The highest BCUT2D eigenvalue weighted by Crippen LogP contribution is 2.29. The smallest absolute Gasteiger partial charge is 0.226 e. The predicted octanol–water partition coefficient (Wildman–Crippen LogP) is 4.39. The Morgan fingerprint density at radius 1 is 1.03 bits per heavy atom. The van der Waals surface area contributed by atoms with Gasteiger partial charge >= 0.3 is 0 Å². The minimum absolute atomic E-state index is 0.00267. The van der Waals surface area contributed by atoms with Gasteiger partial charge in [0.25, 0.3) is 0 Å². The topological polar surface area (TPSA) is 67.8 Å². The van der Waals surface area contributed by atoms with Gasteiger partial charge < -0.3 is 19.3 Å². The normalized spacial score (nSPS) is 15.4. The summed E-state index contributed by atoms with van der Waals surface area (Å²) < 4.78 is 10.6. The Bertz CT molecular complexity index is 1120. The number of amides is 1. The van der Waals surface area contributed by atoms with E-state index in [1.165, 1.54) is 0 Å². The second-order valence-electron chi connectivity index (χ2n) is 8.65. The van der Waals surface area contributed by atoms with Crippen LogP contribution in [0.4, 0.5) is 5.95 Å². The van der Waals surface area contributed by atoms with Crippen molar-refractivity contribution in [1.82, 2.24) is 14.9 Å². The highest BCUT2D eigenvalue weighted by Gasteiger charge is 2.30. The molecule has 0 spiro atoms. The largest absolute Gasteiger partial charge is 0.497 e. The van der Waals surface area contributed by atoms with Crippen LogP contribution < -0.4 is 14.4 Å². The van der Waals surface area contributed by atoms with E-state index in [4.69, 9.17) is 19.4 Å². The molecule has 0 aliphatic carbocycles. The monoisotopic (exact) mass is 448 g/mol. The fourth-order valence-corrected chi connectivity index (χ4v) is 4.43. The lowest BCUT2D eigenvalue weighted by molar-refractivity contribution is -0.136. The zero-order chi connectivity index (χ0) is 23.5. The predicted molar refractivity (Wildman–Crippen MR) is 130 cm³/mol. The first-order chi connectivity index (χ1) is 15.9. The van der Waals surface area contributed by atoms with Crippen LogP contribution in [0.15, 0.2) is 42.5 Å². The van der Waals surface area contributed by atoms with Crippen molar-refractivity contribution < 1.29 is 14.3 Å². The molecule has 0 radical (unpaired) electrons. The summed E-state index contributed by atoms with van der Waals surface area (Å²) in [6.07, 6.45) is 1.58.